The normalized spacial score (nSPS) is 10.9. The SMILES string of the molecule is CC(C)(C)OC(=O)N(CCC(=O)O)c1ccccc1N. The molecular formula is C14H20N2O4. The third-order valence-corrected chi connectivity index (χ3v) is 2.39. The summed E-state index contributed by atoms with van der Waals surface area (Å²) in [5.74, 6) is -0.993. The van der Waals surface area contributed by atoms with E-state index in [0.29, 0.717) is 11.4 Å². The molecule has 0 unspecified atom stereocenters. The van der Waals surface area contributed by atoms with E-state index in [4.69, 9.17) is 15.6 Å². The Hall–Kier alpha value is -2.24. The lowest BCUT2D eigenvalue weighted by molar-refractivity contribution is -0.136. The van der Waals surface area contributed by atoms with Crippen molar-refractivity contribution in [2.24, 2.45) is 0 Å². The van der Waals surface area contributed by atoms with Gasteiger partial charge in [-0.05, 0) is 32.9 Å². The summed E-state index contributed by atoms with van der Waals surface area (Å²) < 4.78 is 5.28. The number of hydrogen-bond donors (Lipinski definition) is 2. The van der Waals surface area contributed by atoms with Gasteiger partial charge in [0, 0.05) is 6.54 Å². The molecule has 0 aliphatic rings. The second kappa shape index (κ2) is 6.27. The molecule has 0 radical (unpaired) electrons. The van der Waals surface area contributed by atoms with Gasteiger partial charge in [0.25, 0.3) is 0 Å². The molecule has 0 bridgehead atoms. The van der Waals surface area contributed by atoms with E-state index < -0.39 is 17.7 Å². The number of benzene rings is 1. The van der Waals surface area contributed by atoms with Crippen molar-refractivity contribution in [3.8, 4) is 0 Å². The maximum atomic E-state index is 12.2. The Morgan fingerprint density at radius 1 is 1.30 bits per heavy atom. The molecule has 1 rings (SSSR count). The molecule has 0 spiro atoms. The van der Waals surface area contributed by atoms with E-state index in [1.165, 1.54) is 4.90 Å². The molecule has 20 heavy (non-hydrogen) atoms. The third-order valence-electron chi connectivity index (χ3n) is 2.39. The average molecular weight is 280 g/mol. The van der Waals surface area contributed by atoms with Crippen LogP contribution in [0.2, 0.25) is 0 Å². The maximum Gasteiger partial charge on any atom is 0.414 e. The lowest BCUT2D eigenvalue weighted by Gasteiger charge is -2.27. The van der Waals surface area contributed by atoms with Gasteiger partial charge in [0.1, 0.15) is 5.60 Å². The molecule has 1 amide bonds. The first-order chi connectivity index (χ1) is 9.20. The number of carboxylic acid groups (broad SMARTS) is 1. The van der Waals surface area contributed by atoms with Gasteiger partial charge in [-0.25, -0.2) is 4.79 Å². The molecule has 0 saturated heterocycles. The Morgan fingerprint density at radius 3 is 2.40 bits per heavy atom. The maximum absolute atomic E-state index is 12.2. The Bertz CT molecular complexity index is 494. The molecular weight excluding hydrogens is 260 g/mol. The number of carbonyl (C=O) groups is 2. The van der Waals surface area contributed by atoms with Crippen LogP contribution >= 0.6 is 0 Å². The number of ether oxygens (including phenoxy) is 1. The molecule has 0 aromatic heterocycles. The average Bonchev–Trinajstić information content (AvgIpc) is 2.28. The minimum Gasteiger partial charge on any atom is -0.481 e. The Labute approximate surface area is 118 Å². The molecule has 0 aliphatic heterocycles. The van der Waals surface area contributed by atoms with Gasteiger partial charge in [-0.3, -0.25) is 9.69 Å². The predicted molar refractivity (Wildman–Crippen MR) is 76.7 cm³/mol. The van der Waals surface area contributed by atoms with E-state index in [2.05, 4.69) is 0 Å². The van der Waals surface area contributed by atoms with Gasteiger partial charge < -0.3 is 15.6 Å². The number of aliphatic carboxylic acids is 1. The smallest absolute Gasteiger partial charge is 0.414 e. The number of nitrogens with zero attached hydrogens (tertiary/aromatic N) is 1. The standard InChI is InChI=1S/C14H20N2O4/c1-14(2,3)20-13(19)16(9-8-12(17)18)11-7-5-4-6-10(11)15/h4-7H,8-9,15H2,1-3H3,(H,17,18). The molecule has 6 nitrogen and oxygen atoms in total. The van der Waals surface area contributed by atoms with E-state index in [1.54, 1.807) is 45.0 Å². The van der Waals surface area contributed by atoms with Crippen LogP contribution in [0.15, 0.2) is 24.3 Å². The van der Waals surface area contributed by atoms with Crippen LogP contribution in [0.25, 0.3) is 0 Å². The molecule has 0 fully saturated rings. The van der Waals surface area contributed by atoms with E-state index in [0.717, 1.165) is 0 Å². The van der Waals surface area contributed by atoms with Crippen molar-refractivity contribution in [2.75, 3.05) is 17.2 Å². The minimum absolute atomic E-state index is 0.00153. The zero-order valence-corrected chi connectivity index (χ0v) is 11.9. The number of amides is 1. The lowest BCUT2D eigenvalue weighted by Crippen LogP contribution is -2.38. The van der Waals surface area contributed by atoms with Crippen LogP contribution in [0.4, 0.5) is 16.2 Å². The Morgan fingerprint density at radius 2 is 1.90 bits per heavy atom. The first kappa shape index (κ1) is 15.8. The summed E-state index contributed by atoms with van der Waals surface area (Å²) in [6.45, 7) is 5.23. The summed E-state index contributed by atoms with van der Waals surface area (Å²) in [5.41, 5.74) is 6.01. The molecule has 0 atom stereocenters. The summed E-state index contributed by atoms with van der Waals surface area (Å²) in [4.78, 5) is 24.1. The number of para-hydroxylation sites is 2. The molecule has 3 N–H and O–H groups in total. The lowest BCUT2D eigenvalue weighted by atomic mass is 10.2. The van der Waals surface area contributed by atoms with Crippen LogP contribution in [0, 0.1) is 0 Å². The van der Waals surface area contributed by atoms with Gasteiger partial charge in [0.2, 0.25) is 0 Å². The number of carboxylic acids is 1. The highest BCUT2D eigenvalue weighted by Crippen LogP contribution is 2.24. The van der Waals surface area contributed by atoms with E-state index in [1.807, 2.05) is 0 Å². The van der Waals surface area contributed by atoms with Gasteiger partial charge >= 0.3 is 12.1 Å². The molecule has 0 heterocycles. The summed E-state index contributed by atoms with van der Waals surface area (Å²) >= 11 is 0. The van der Waals surface area contributed by atoms with Crippen LogP contribution < -0.4 is 10.6 Å². The summed E-state index contributed by atoms with van der Waals surface area (Å²) in [7, 11) is 0. The number of carbonyl (C=O) groups excluding carboxylic acids is 1. The van der Waals surface area contributed by atoms with Crippen molar-refractivity contribution in [3.05, 3.63) is 24.3 Å². The number of hydrogen-bond acceptors (Lipinski definition) is 4. The second-order valence-electron chi connectivity index (χ2n) is 5.33. The zero-order chi connectivity index (χ0) is 15.3. The monoisotopic (exact) mass is 280 g/mol. The molecule has 1 aromatic carbocycles. The van der Waals surface area contributed by atoms with Crippen LogP contribution in [-0.2, 0) is 9.53 Å². The second-order valence-corrected chi connectivity index (χ2v) is 5.33. The van der Waals surface area contributed by atoms with Crippen molar-refractivity contribution >= 4 is 23.4 Å². The van der Waals surface area contributed by atoms with E-state index in [9.17, 15) is 9.59 Å². The van der Waals surface area contributed by atoms with Crippen molar-refractivity contribution in [3.63, 3.8) is 0 Å². The minimum atomic E-state index is -0.993. The summed E-state index contributed by atoms with van der Waals surface area (Å²) in [6.07, 6.45) is -0.801. The van der Waals surface area contributed by atoms with Crippen molar-refractivity contribution in [2.45, 2.75) is 32.8 Å². The Kier molecular flexibility index (Phi) is 4.96. The fraction of sp³-hybridized carbons (Fsp3) is 0.429. The molecule has 110 valence electrons. The van der Waals surface area contributed by atoms with E-state index in [-0.39, 0.29) is 13.0 Å². The number of anilines is 2. The van der Waals surface area contributed by atoms with Crippen LogP contribution in [-0.4, -0.2) is 29.3 Å². The third kappa shape index (κ3) is 4.79. The quantitative estimate of drug-likeness (QED) is 0.826. The van der Waals surface area contributed by atoms with Gasteiger partial charge in [0.05, 0.1) is 17.8 Å². The predicted octanol–water partition coefficient (Wildman–Crippen LogP) is 2.48. The van der Waals surface area contributed by atoms with Gasteiger partial charge in [0.15, 0.2) is 0 Å². The first-order valence-corrected chi connectivity index (χ1v) is 6.27. The van der Waals surface area contributed by atoms with E-state index >= 15 is 0 Å². The fourth-order valence-electron chi connectivity index (χ4n) is 1.57. The summed E-state index contributed by atoms with van der Waals surface area (Å²) in [6, 6.07) is 6.77. The van der Waals surface area contributed by atoms with Crippen LogP contribution in [0.5, 0.6) is 0 Å². The van der Waals surface area contributed by atoms with Crippen molar-refractivity contribution in [1.82, 2.24) is 0 Å². The molecule has 6 heteroatoms. The number of nitrogen functional groups attached to an aromatic ring is 1. The van der Waals surface area contributed by atoms with Gasteiger partial charge in [-0.2, -0.15) is 0 Å². The molecule has 1 aromatic rings. The Balaban J connectivity index is 2.99. The van der Waals surface area contributed by atoms with Gasteiger partial charge in [-0.1, -0.05) is 12.1 Å². The highest BCUT2D eigenvalue weighted by atomic mass is 16.6. The number of rotatable bonds is 4. The van der Waals surface area contributed by atoms with Gasteiger partial charge in [-0.15, -0.1) is 0 Å². The van der Waals surface area contributed by atoms with Crippen molar-refractivity contribution in [1.29, 1.82) is 0 Å². The first-order valence-electron chi connectivity index (χ1n) is 6.27. The van der Waals surface area contributed by atoms with Crippen LogP contribution in [0.1, 0.15) is 27.2 Å². The molecule has 0 aliphatic carbocycles. The summed E-state index contributed by atoms with van der Waals surface area (Å²) in [5, 5.41) is 8.78. The van der Waals surface area contributed by atoms with Crippen LogP contribution in [0.3, 0.4) is 0 Å². The fourth-order valence-corrected chi connectivity index (χ4v) is 1.57. The zero-order valence-electron chi connectivity index (χ0n) is 11.9. The topological polar surface area (TPSA) is 92.9 Å². The largest absolute Gasteiger partial charge is 0.481 e. The highest BCUT2D eigenvalue weighted by molar-refractivity contribution is 5.92. The van der Waals surface area contributed by atoms with Crippen molar-refractivity contribution < 1.29 is 19.4 Å². The molecule has 0 saturated carbocycles. The highest BCUT2D eigenvalue weighted by Gasteiger charge is 2.24. The number of nitrogens with two attached hydrogens (primary N) is 1.